The van der Waals surface area contributed by atoms with Crippen molar-refractivity contribution >= 4 is 16.0 Å². The Labute approximate surface area is 73.2 Å². The lowest BCUT2D eigenvalue weighted by molar-refractivity contribution is -0.134. The summed E-state index contributed by atoms with van der Waals surface area (Å²) >= 11 is 0. The SMILES string of the molecule is O=C(O)CS(=O)(=O)Nn1ccnn1. The molecule has 13 heavy (non-hydrogen) atoms. The molecular formula is C4H6N4O4S. The fourth-order valence-electron chi connectivity index (χ4n) is 0.594. The zero-order valence-corrected chi connectivity index (χ0v) is 7.10. The maximum atomic E-state index is 10.9. The van der Waals surface area contributed by atoms with Crippen molar-refractivity contribution in [1.82, 2.24) is 15.1 Å². The van der Waals surface area contributed by atoms with Gasteiger partial charge in [-0.1, -0.05) is 0 Å². The van der Waals surface area contributed by atoms with E-state index in [1.165, 1.54) is 12.4 Å². The van der Waals surface area contributed by atoms with Crippen LogP contribution in [0.2, 0.25) is 0 Å². The Morgan fingerprint density at radius 2 is 2.31 bits per heavy atom. The molecule has 0 atom stereocenters. The number of sulfonamides is 1. The van der Waals surface area contributed by atoms with Gasteiger partial charge < -0.3 is 5.11 Å². The molecule has 0 aliphatic carbocycles. The van der Waals surface area contributed by atoms with Crippen molar-refractivity contribution in [1.29, 1.82) is 0 Å². The number of nitrogens with zero attached hydrogens (tertiary/aromatic N) is 3. The van der Waals surface area contributed by atoms with Gasteiger partial charge in [0.1, 0.15) is 0 Å². The number of aliphatic carboxylic acids is 1. The summed E-state index contributed by atoms with van der Waals surface area (Å²) in [4.78, 5) is 12.7. The first-order valence-electron chi connectivity index (χ1n) is 3.08. The fourth-order valence-corrected chi connectivity index (χ4v) is 1.37. The number of rotatable bonds is 4. The molecule has 0 unspecified atom stereocenters. The molecule has 0 bridgehead atoms. The Bertz CT molecular complexity index is 382. The normalized spacial score (nSPS) is 11.1. The van der Waals surface area contributed by atoms with Gasteiger partial charge in [0.05, 0.1) is 12.4 Å². The molecule has 0 radical (unpaired) electrons. The third-order valence-electron chi connectivity index (χ3n) is 0.969. The minimum atomic E-state index is -3.89. The molecule has 8 nitrogen and oxygen atoms in total. The second kappa shape index (κ2) is 3.39. The van der Waals surface area contributed by atoms with Crippen molar-refractivity contribution in [2.24, 2.45) is 0 Å². The van der Waals surface area contributed by atoms with E-state index in [4.69, 9.17) is 5.11 Å². The molecule has 1 aromatic heterocycles. The van der Waals surface area contributed by atoms with Crippen LogP contribution in [0, 0.1) is 0 Å². The monoisotopic (exact) mass is 206 g/mol. The minimum Gasteiger partial charge on any atom is -0.480 e. The third kappa shape index (κ3) is 3.07. The molecular weight excluding hydrogens is 200 g/mol. The van der Waals surface area contributed by atoms with E-state index < -0.39 is 21.7 Å². The highest BCUT2D eigenvalue weighted by atomic mass is 32.2. The van der Waals surface area contributed by atoms with Crippen molar-refractivity contribution in [2.75, 3.05) is 10.6 Å². The molecule has 1 heterocycles. The zero-order chi connectivity index (χ0) is 9.90. The van der Waals surface area contributed by atoms with E-state index in [1.54, 1.807) is 0 Å². The number of nitrogens with one attached hydrogen (secondary N) is 1. The van der Waals surface area contributed by atoms with E-state index in [9.17, 15) is 13.2 Å². The Balaban J connectivity index is 2.68. The smallest absolute Gasteiger partial charge is 0.320 e. The molecule has 0 aliphatic rings. The molecule has 0 spiro atoms. The first kappa shape index (κ1) is 9.45. The van der Waals surface area contributed by atoms with Crippen LogP contribution >= 0.6 is 0 Å². The van der Waals surface area contributed by atoms with Crippen molar-refractivity contribution in [3.05, 3.63) is 12.4 Å². The quantitative estimate of drug-likeness (QED) is 0.602. The van der Waals surface area contributed by atoms with Gasteiger partial charge >= 0.3 is 5.97 Å². The van der Waals surface area contributed by atoms with Crippen LogP contribution in [0.15, 0.2) is 12.4 Å². The predicted octanol–water partition coefficient (Wildman–Crippen LogP) is -1.76. The topological polar surface area (TPSA) is 114 Å². The summed E-state index contributed by atoms with van der Waals surface area (Å²) < 4.78 is 21.9. The summed E-state index contributed by atoms with van der Waals surface area (Å²) in [5.74, 6) is -2.44. The lowest BCUT2D eigenvalue weighted by atomic mass is 10.8. The summed E-state index contributed by atoms with van der Waals surface area (Å²) in [5, 5.41) is 14.8. The Morgan fingerprint density at radius 3 is 2.77 bits per heavy atom. The summed E-state index contributed by atoms with van der Waals surface area (Å²) in [6, 6.07) is 0. The van der Waals surface area contributed by atoms with Crippen LogP contribution in [0.4, 0.5) is 0 Å². The Morgan fingerprint density at radius 1 is 1.62 bits per heavy atom. The summed E-state index contributed by atoms with van der Waals surface area (Å²) in [5.41, 5.74) is 0. The van der Waals surface area contributed by atoms with Gasteiger partial charge in [0.15, 0.2) is 5.75 Å². The molecule has 0 aliphatic heterocycles. The van der Waals surface area contributed by atoms with Crippen molar-refractivity contribution in [3.8, 4) is 0 Å². The van der Waals surface area contributed by atoms with Crippen LogP contribution < -0.4 is 4.83 Å². The highest BCUT2D eigenvalue weighted by Crippen LogP contribution is 1.86. The number of carboxylic acid groups (broad SMARTS) is 1. The minimum absolute atomic E-state index is 0.804. The summed E-state index contributed by atoms with van der Waals surface area (Å²) in [7, 11) is -3.89. The van der Waals surface area contributed by atoms with Crippen LogP contribution in [-0.4, -0.2) is 40.3 Å². The molecule has 0 saturated heterocycles. The van der Waals surface area contributed by atoms with Gasteiger partial charge in [0, 0.05) is 0 Å². The molecule has 0 saturated carbocycles. The van der Waals surface area contributed by atoms with Gasteiger partial charge in [-0.15, -0.1) is 5.10 Å². The standard InChI is InChI=1S/C4H6N4O4S/c9-4(10)3-13(11,12)7-8-2-1-5-6-8/h1-2,7H,3H2,(H,9,10). The largest absolute Gasteiger partial charge is 0.480 e. The lowest BCUT2D eigenvalue weighted by Gasteiger charge is -2.02. The van der Waals surface area contributed by atoms with Gasteiger partial charge in [0.2, 0.25) is 0 Å². The van der Waals surface area contributed by atoms with Crippen molar-refractivity contribution < 1.29 is 18.3 Å². The number of carbonyl (C=O) groups is 1. The van der Waals surface area contributed by atoms with Crippen LogP contribution in [-0.2, 0) is 14.8 Å². The van der Waals surface area contributed by atoms with E-state index in [-0.39, 0.29) is 0 Å². The number of aromatic nitrogens is 3. The molecule has 1 aromatic rings. The van der Waals surface area contributed by atoms with E-state index >= 15 is 0 Å². The third-order valence-corrected chi connectivity index (χ3v) is 2.06. The highest BCUT2D eigenvalue weighted by molar-refractivity contribution is 7.92. The molecule has 72 valence electrons. The Hall–Kier alpha value is -1.64. The highest BCUT2D eigenvalue weighted by Gasteiger charge is 2.15. The maximum absolute atomic E-state index is 10.9. The molecule has 2 N–H and O–H groups in total. The van der Waals surface area contributed by atoms with E-state index in [2.05, 4.69) is 10.3 Å². The van der Waals surface area contributed by atoms with Gasteiger partial charge in [-0.3, -0.25) is 4.79 Å². The number of hydrogen-bond acceptors (Lipinski definition) is 5. The van der Waals surface area contributed by atoms with Crippen LogP contribution in [0.5, 0.6) is 0 Å². The Kier molecular flexibility index (Phi) is 2.46. The molecule has 9 heteroatoms. The first-order chi connectivity index (χ1) is 5.99. The van der Waals surface area contributed by atoms with E-state index in [1.807, 2.05) is 4.83 Å². The summed E-state index contributed by atoms with van der Waals surface area (Å²) in [6.45, 7) is 0. The lowest BCUT2D eigenvalue weighted by Crippen LogP contribution is -2.29. The fraction of sp³-hybridized carbons (Fsp3) is 0.250. The molecule has 0 amide bonds. The van der Waals surface area contributed by atoms with Gasteiger partial charge in [0.25, 0.3) is 10.0 Å². The molecule has 0 fully saturated rings. The van der Waals surface area contributed by atoms with Crippen LogP contribution in [0.3, 0.4) is 0 Å². The second-order valence-electron chi connectivity index (χ2n) is 2.09. The van der Waals surface area contributed by atoms with Gasteiger partial charge in [-0.2, -0.15) is 4.79 Å². The van der Waals surface area contributed by atoms with E-state index in [0.717, 1.165) is 4.79 Å². The first-order valence-corrected chi connectivity index (χ1v) is 4.73. The summed E-state index contributed by atoms with van der Waals surface area (Å²) in [6.07, 6.45) is 2.49. The predicted molar refractivity (Wildman–Crippen MR) is 40.8 cm³/mol. The van der Waals surface area contributed by atoms with Gasteiger partial charge in [-0.05, 0) is 5.21 Å². The van der Waals surface area contributed by atoms with Crippen LogP contribution in [0.1, 0.15) is 0 Å². The molecule has 0 aromatic carbocycles. The average Bonchev–Trinajstić information content (AvgIpc) is 2.34. The maximum Gasteiger partial charge on any atom is 0.320 e. The number of carboxylic acids is 1. The zero-order valence-electron chi connectivity index (χ0n) is 6.28. The number of hydrogen-bond donors (Lipinski definition) is 2. The van der Waals surface area contributed by atoms with Crippen molar-refractivity contribution in [3.63, 3.8) is 0 Å². The van der Waals surface area contributed by atoms with Gasteiger partial charge in [-0.25, -0.2) is 13.2 Å². The van der Waals surface area contributed by atoms with Crippen LogP contribution in [0.25, 0.3) is 0 Å². The van der Waals surface area contributed by atoms with E-state index in [0.29, 0.717) is 0 Å². The second-order valence-corrected chi connectivity index (χ2v) is 3.79. The average molecular weight is 206 g/mol. The molecule has 1 rings (SSSR count). The van der Waals surface area contributed by atoms with Crippen molar-refractivity contribution in [2.45, 2.75) is 0 Å².